The molecule has 3 N–H and O–H groups in total. The van der Waals surface area contributed by atoms with Gasteiger partial charge in [0.25, 0.3) is 0 Å². The van der Waals surface area contributed by atoms with E-state index in [1.165, 1.54) is 25.7 Å². The number of rotatable bonds is 2. The summed E-state index contributed by atoms with van der Waals surface area (Å²) in [6.07, 6.45) is 8.25. The van der Waals surface area contributed by atoms with E-state index < -0.39 is 0 Å². The molecule has 0 radical (unpaired) electrons. The van der Waals surface area contributed by atoms with Crippen molar-refractivity contribution in [3.05, 3.63) is 29.8 Å². The van der Waals surface area contributed by atoms with Crippen molar-refractivity contribution in [2.45, 2.75) is 50.5 Å². The SMILES string of the molecule is NC1(Cc2cccc(O)c2)CCCCCC1. The lowest BCUT2D eigenvalue weighted by Crippen LogP contribution is -2.41. The number of phenols is 1. The summed E-state index contributed by atoms with van der Waals surface area (Å²) in [5, 5.41) is 9.44. The van der Waals surface area contributed by atoms with Crippen LogP contribution in [0, 0.1) is 0 Å². The van der Waals surface area contributed by atoms with Crippen molar-refractivity contribution in [2.75, 3.05) is 0 Å². The predicted octanol–water partition coefficient (Wildman–Crippen LogP) is 2.99. The van der Waals surface area contributed by atoms with Crippen molar-refractivity contribution < 1.29 is 5.11 Å². The Morgan fingerprint density at radius 2 is 1.81 bits per heavy atom. The van der Waals surface area contributed by atoms with Gasteiger partial charge in [0.05, 0.1) is 0 Å². The number of nitrogens with two attached hydrogens (primary N) is 1. The maximum Gasteiger partial charge on any atom is 0.115 e. The molecule has 0 aromatic heterocycles. The third-order valence-electron chi connectivity index (χ3n) is 3.57. The highest BCUT2D eigenvalue weighted by Crippen LogP contribution is 2.28. The molecule has 0 bridgehead atoms. The zero-order valence-corrected chi connectivity index (χ0v) is 9.78. The highest BCUT2D eigenvalue weighted by atomic mass is 16.3. The molecule has 0 saturated heterocycles. The Hall–Kier alpha value is -1.02. The highest BCUT2D eigenvalue weighted by Gasteiger charge is 2.26. The Balaban J connectivity index is 2.06. The lowest BCUT2D eigenvalue weighted by molar-refractivity contribution is 0.368. The van der Waals surface area contributed by atoms with Crippen molar-refractivity contribution >= 4 is 0 Å². The van der Waals surface area contributed by atoms with Crippen molar-refractivity contribution in [3.8, 4) is 5.75 Å². The van der Waals surface area contributed by atoms with Crippen LogP contribution in [0.15, 0.2) is 24.3 Å². The summed E-state index contributed by atoms with van der Waals surface area (Å²) >= 11 is 0. The summed E-state index contributed by atoms with van der Waals surface area (Å²) in [5.74, 6) is 0.342. The van der Waals surface area contributed by atoms with E-state index in [4.69, 9.17) is 5.73 Å². The summed E-state index contributed by atoms with van der Waals surface area (Å²) in [4.78, 5) is 0. The van der Waals surface area contributed by atoms with E-state index in [0.29, 0.717) is 5.75 Å². The van der Waals surface area contributed by atoms with E-state index in [1.54, 1.807) is 6.07 Å². The fourth-order valence-electron chi connectivity index (χ4n) is 2.68. The molecular weight excluding hydrogens is 198 g/mol. The Kier molecular flexibility index (Phi) is 3.49. The normalized spacial score (nSPS) is 20.3. The van der Waals surface area contributed by atoms with Gasteiger partial charge in [0.15, 0.2) is 0 Å². The largest absolute Gasteiger partial charge is 0.508 e. The molecule has 1 saturated carbocycles. The molecule has 1 aliphatic rings. The standard InChI is InChI=1S/C14H21NO/c15-14(8-3-1-2-4-9-14)11-12-6-5-7-13(16)10-12/h5-7,10,16H,1-4,8-9,11,15H2. The van der Waals surface area contributed by atoms with Crippen LogP contribution >= 0.6 is 0 Å². The fraction of sp³-hybridized carbons (Fsp3) is 0.571. The highest BCUT2D eigenvalue weighted by molar-refractivity contribution is 5.28. The van der Waals surface area contributed by atoms with E-state index in [0.717, 1.165) is 24.8 Å². The van der Waals surface area contributed by atoms with E-state index in [9.17, 15) is 5.11 Å². The molecular formula is C14H21NO. The summed E-state index contributed by atoms with van der Waals surface area (Å²) in [6, 6.07) is 7.49. The van der Waals surface area contributed by atoms with Crippen molar-refractivity contribution in [3.63, 3.8) is 0 Å². The van der Waals surface area contributed by atoms with Gasteiger partial charge in [-0.2, -0.15) is 0 Å². The average molecular weight is 219 g/mol. The minimum atomic E-state index is -0.0513. The first kappa shape index (κ1) is 11.5. The summed E-state index contributed by atoms with van der Waals surface area (Å²) < 4.78 is 0. The van der Waals surface area contributed by atoms with Crippen LogP contribution in [0.4, 0.5) is 0 Å². The number of benzene rings is 1. The first-order chi connectivity index (χ1) is 7.68. The van der Waals surface area contributed by atoms with Crippen LogP contribution in [0.2, 0.25) is 0 Å². The molecule has 2 nitrogen and oxygen atoms in total. The van der Waals surface area contributed by atoms with Gasteiger partial charge < -0.3 is 10.8 Å². The fourth-order valence-corrected chi connectivity index (χ4v) is 2.68. The van der Waals surface area contributed by atoms with Crippen molar-refractivity contribution in [1.82, 2.24) is 0 Å². The zero-order valence-electron chi connectivity index (χ0n) is 9.78. The molecule has 0 spiro atoms. The molecule has 0 amide bonds. The maximum atomic E-state index is 9.44. The topological polar surface area (TPSA) is 46.2 Å². The minimum absolute atomic E-state index is 0.0513. The quantitative estimate of drug-likeness (QED) is 0.751. The minimum Gasteiger partial charge on any atom is -0.508 e. The van der Waals surface area contributed by atoms with Crippen LogP contribution in [0.25, 0.3) is 0 Å². The van der Waals surface area contributed by atoms with Crippen LogP contribution in [-0.2, 0) is 6.42 Å². The van der Waals surface area contributed by atoms with Gasteiger partial charge >= 0.3 is 0 Å². The second-order valence-electron chi connectivity index (χ2n) is 5.12. The van der Waals surface area contributed by atoms with Gasteiger partial charge in [0.1, 0.15) is 5.75 Å². The molecule has 16 heavy (non-hydrogen) atoms. The summed E-state index contributed by atoms with van der Waals surface area (Å²) in [7, 11) is 0. The van der Waals surface area contributed by atoms with Crippen LogP contribution < -0.4 is 5.73 Å². The van der Waals surface area contributed by atoms with E-state index in [1.807, 2.05) is 12.1 Å². The average Bonchev–Trinajstić information content (AvgIpc) is 2.43. The van der Waals surface area contributed by atoms with Crippen LogP contribution in [0.1, 0.15) is 44.1 Å². The molecule has 1 aliphatic carbocycles. The Morgan fingerprint density at radius 1 is 1.12 bits per heavy atom. The summed E-state index contributed by atoms with van der Waals surface area (Å²) in [6.45, 7) is 0. The number of hydrogen-bond acceptors (Lipinski definition) is 2. The Morgan fingerprint density at radius 3 is 2.44 bits per heavy atom. The Labute approximate surface area is 97.5 Å². The molecule has 0 atom stereocenters. The van der Waals surface area contributed by atoms with Gasteiger partial charge in [0, 0.05) is 5.54 Å². The van der Waals surface area contributed by atoms with Crippen LogP contribution in [-0.4, -0.2) is 10.6 Å². The maximum absolute atomic E-state index is 9.44. The van der Waals surface area contributed by atoms with E-state index in [-0.39, 0.29) is 5.54 Å². The van der Waals surface area contributed by atoms with Gasteiger partial charge in [0.2, 0.25) is 0 Å². The molecule has 0 unspecified atom stereocenters. The number of phenolic OH excluding ortho intramolecular Hbond substituents is 1. The second kappa shape index (κ2) is 4.88. The van der Waals surface area contributed by atoms with Gasteiger partial charge in [-0.15, -0.1) is 0 Å². The molecule has 2 heteroatoms. The first-order valence-electron chi connectivity index (χ1n) is 6.25. The molecule has 1 fully saturated rings. The lowest BCUT2D eigenvalue weighted by atomic mass is 9.85. The zero-order chi connectivity index (χ0) is 11.4. The molecule has 1 aromatic carbocycles. The predicted molar refractivity (Wildman–Crippen MR) is 66.4 cm³/mol. The van der Waals surface area contributed by atoms with Crippen LogP contribution in [0.3, 0.4) is 0 Å². The third-order valence-corrected chi connectivity index (χ3v) is 3.57. The van der Waals surface area contributed by atoms with Gasteiger partial charge in [-0.3, -0.25) is 0 Å². The Bertz CT molecular complexity index is 340. The molecule has 1 aromatic rings. The summed E-state index contributed by atoms with van der Waals surface area (Å²) in [5.41, 5.74) is 7.57. The van der Waals surface area contributed by atoms with E-state index >= 15 is 0 Å². The van der Waals surface area contributed by atoms with E-state index in [2.05, 4.69) is 6.07 Å². The second-order valence-corrected chi connectivity index (χ2v) is 5.12. The molecule has 0 aliphatic heterocycles. The van der Waals surface area contributed by atoms with Gasteiger partial charge in [-0.05, 0) is 37.0 Å². The van der Waals surface area contributed by atoms with Gasteiger partial charge in [-0.25, -0.2) is 0 Å². The third kappa shape index (κ3) is 2.99. The smallest absolute Gasteiger partial charge is 0.115 e. The van der Waals surface area contributed by atoms with Crippen LogP contribution in [0.5, 0.6) is 5.75 Å². The van der Waals surface area contributed by atoms with Gasteiger partial charge in [-0.1, -0.05) is 37.8 Å². The lowest BCUT2D eigenvalue weighted by Gasteiger charge is -2.28. The number of hydrogen-bond donors (Lipinski definition) is 2. The van der Waals surface area contributed by atoms with Crippen molar-refractivity contribution in [2.24, 2.45) is 5.73 Å². The molecule has 2 rings (SSSR count). The van der Waals surface area contributed by atoms with Crippen molar-refractivity contribution in [1.29, 1.82) is 0 Å². The molecule has 88 valence electrons. The first-order valence-corrected chi connectivity index (χ1v) is 6.25. The number of aromatic hydroxyl groups is 1. The monoisotopic (exact) mass is 219 g/mol. The molecule has 0 heterocycles.